The van der Waals surface area contributed by atoms with E-state index < -0.39 is 0 Å². The Balaban J connectivity index is 0.00000705. The molecule has 0 N–H and O–H groups in total. The van der Waals surface area contributed by atoms with Gasteiger partial charge < -0.3 is 5.53 Å². The van der Waals surface area contributed by atoms with Gasteiger partial charge in [0.05, 0.1) is 0 Å². The van der Waals surface area contributed by atoms with Gasteiger partial charge in [-0.2, -0.15) is 0 Å². The van der Waals surface area contributed by atoms with Gasteiger partial charge in [0.25, 0.3) is 0 Å². The van der Waals surface area contributed by atoms with Crippen molar-refractivity contribution in [2.24, 2.45) is 0 Å². The average Bonchev–Trinajstić information content (AvgIpc) is 3.28. The van der Waals surface area contributed by atoms with Gasteiger partial charge in [0, 0.05) is 38.8 Å². The van der Waals surface area contributed by atoms with Gasteiger partial charge in [-0.25, -0.2) is 4.70 Å². The number of hydrogen-bond donors (Lipinski definition) is 0. The maximum Gasteiger partial charge on any atom is 0.211 e. The van der Waals surface area contributed by atoms with Crippen LogP contribution in [0.2, 0.25) is 0 Å². The second kappa shape index (κ2) is 20.3. The molecule has 2 aromatic rings. The van der Waals surface area contributed by atoms with Gasteiger partial charge in [-0.15, -0.1) is 0 Å². The minimum Gasteiger partial charge on any atom is -0.493 e. The molecular formula is C42H64N2Ni. The van der Waals surface area contributed by atoms with Crippen LogP contribution in [0, 0.1) is 0 Å². The van der Waals surface area contributed by atoms with Crippen molar-refractivity contribution >= 4 is 11.4 Å². The fraction of sp³-hybridized carbons (Fsp3) is 0.619. The summed E-state index contributed by atoms with van der Waals surface area (Å²) in [6.45, 7) is 18.4. The van der Waals surface area contributed by atoms with Crippen LogP contribution in [-0.4, -0.2) is 4.70 Å². The van der Waals surface area contributed by atoms with Crippen molar-refractivity contribution in [3.8, 4) is 0 Å². The summed E-state index contributed by atoms with van der Waals surface area (Å²) in [5, 5.41) is 0. The molecule has 1 aliphatic rings. The fourth-order valence-corrected chi connectivity index (χ4v) is 7.47. The van der Waals surface area contributed by atoms with Crippen molar-refractivity contribution in [1.82, 2.24) is 0 Å². The first-order valence-corrected chi connectivity index (χ1v) is 18.7. The van der Waals surface area contributed by atoms with Gasteiger partial charge in [-0.1, -0.05) is 107 Å². The minimum atomic E-state index is 0. The van der Waals surface area contributed by atoms with Crippen LogP contribution in [0.25, 0.3) is 16.9 Å². The van der Waals surface area contributed by atoms with Gasteiger partial charge in [-0.05, 0) is 122 Å². The van der Waals surface area contributed by atoms with Crippen LogP contribution in [-0.2, 0) is 55.0 Å². The van der Waals surface area contributed by atoms with Gasteiger partial charge >= 0.3 is 0 Å². The number of benzene rings is 2. The average molecular weight is 656 g/mol. The number of allylic oxidation sites excluding steroid dienone is 2. The van der Waals surface area contributed by atoms with E-state index in [2.05, 4.69) is 79.7 Å². The number of rotatable bonds is 20. The molecule has 0 aliphatic carbocycles. The van der Waals surface area contributed by atoms with Crippen molar-refractivity contribution in [3.63, 3.8) is 0 Å². The predicted molar refractivity (Wildman–Crippen MR) is 193 cm³/mol. The summed E-state index contributed by atoms with van der Waals surface area (Å²) >= 11 is 0. The zero-order chi connectivity index (χ0) is 32.1. The number of hydrogen-bond acceptors (Lipinski definition) is 0. The van der Waals surface area contributed by atoms with Crippen LogP contribution in [0.4, 0.5) is 0 Å². The second-order valence-electron chi connectivity index (χ2n) is 13.2. The number of aryl methyl sites for hydroxylation is 4. The largest absolute Gasteiger partial charge is 0.493 e. The maximum atomic E-state index is 12.4. The summed E-state index contributed by atoms with van der Waals surface area (Å²) in [4.78, 5) is 0. The third-order valence-electron chi connectivity index (χ3n) is 9.41. The van der Waals surface area contributed by atoms with E-state index in [9.17, 15) is 5.53 Å². The molecule has 2 nitrogen and oxygen atoms in total. The standard InChI is InChI=1S/C42H64N2.Ni/c1-9-17-25-39-40(26-18-10-2)42(36-29-33(21-13-5)38(24-16-8)34(30-36)22-14-6)44(43)41(39)35-27-31(19-11-3)37(23-15-7)32(28-35)20-12-4;/h27-30H,9-26H2,1-8H3;. The molecular weight excluding hydrogens is 591 g/mol. The molecule has 0 saturated carbocycles. The fourth-order valence-electron chi connectivity index (χ4n) is 7.47. The molecule has 0 aromatic heterocycles. The maximum absolute atomic E-state index is 12.4. The Kier molecular flexibility index (Phi) is 17.7. The van der Waals surface area contributed by atoms with Gasteiger partial charge in [-0.3, -0.25) is 0 Å². The van der Waals surface area contributed by atoms with E-state index in [4.69, 9.17) is 0 Å². The quantitative estimate of drug-likeness (QED) is 0.100. The molecule has 1 aliphatic heterocycles. The monoisotopic (exact) mass is 654 g/mol. The molecule has 0 saturated heterocycles. The minimum absolute atomic E-state index is 0. The van der Waals surface area contributed by atoms with Gasteiger partial charge in [0.2, 0.25) is 11.4 Å². The van der Waals surface area contributed by atoms with E-state index in [-0.39, 0.29) is 16.5 Å². The van der Waals surface area contributed by atoms with E-state index in [0.29, 0.717) is 0 Å². The number of nitrogens with zero attached hydrogens (tertiary/aromatic N) is 2. The Morgan fingerprint density at radius 2 is 0.711 bits per heavy atom. The Labute approximate surface area is 288 Å². The molecule has 2 aromatic carbocycles. The predicted octanol–water partition coefficient (Wildman–Crippen LogP) is 12.9. The zero-order valence-corrected chi connectivity index (χ0v) is 31.2. The van der Waals surface area contributed by atoms with Crippen LogP contribution in [0.5, 0.6) is 0 Å². The third kappa shape index (κ3) is 9.53. The van der Waals surface area contributed by atoms with Crippen molar-refractivity contribution in [1.29, 1.82) is 0 Å². The van der Waals surface area contributed by atoms with E-state index in [0.717, 1.165) is 114 Å². The SMILES string of the molecule is CCCCC1=C(c2cc(CCC)c(CCC)c(CCC)c2)[N+](=[N-])C(c2cc(CCC)c(CCC)c(CCC)c2)=C1CCCC.[Ni]. The Hall–Kier alpha value is -1.99. The molecule has 0 spiro atoms. The van der Waals surface area contributed by atoms with Crippen molar-refractivity contribution in [2.75, 3.05) is 0 Å². The first kappa shape index (κ1) is 39.2. The van der Waals surface area contributed by atoms with Gasteiger partial charge in [0.15, 0.2) is 0 Å². The Morgan fingerprint density at radius 3 is 0.956 bits per heavy atom. The second-order valence-corrected chi connectivity index (χ2v) is 13.2. The molecule has 0 radical (unpaired) electrons. The van der Waals surface area contributed by atoms with E-state index in [1.54, 1.807) is 15.8 Å². The zero-order valence-electron chi connectivity index (χ0n) is 30.2. The van der Waals surface area contributed by atoms with Crippen LogP contribution in [0.3, 0.4) is 0 Å². The van der Waals surface area contributed by atoms with E-state index in [1.165, 1.54) is 57.4 Å². The Bertz CT molecular complexity index is 1160. The molecule has 0 fully saturated rings. The first-order chi connectivity index (χ1) is 21.4. The van der Waals surface area contributed by atoms with Crippen LogP contribution in [0.1, 0.15) is 177 Å². The smallest absolute Gasteiger partial charge is 0.211 e. The molecule has 0 amide bonds. The molecule has 3 rings (SSSR count). The summed E-state index contributed by atoms with van der Waals surface area (Å²) in [5.74, 6) is 0. The van der Waals surface area contributed by atoms with Gasteiger partial charge in [0.1, 0.15) is 0 Å². The van der Waals surface area contributed by atoms with E-state index in [1.807, 2.05) is 0 Å². The van der Waals surface area contributed by atoms with E-state index >= 15 is 0 Å². The van der Waals surface area contributed by atoms with Crippen LogP contribution < -0.4 is 0 Å². The summed E-state index contributed by atoms with van der Waals surface area (Å²) < 4.78 is 1.65. The molecule has 45 heavy (non-hydrogen) atoms. The summed E-state index contributed by atoms with van der Waals surface area (Å²) in [7, 11) is 0. The van der Waals surface area contributed by atoms with Crippen LogP contribution >= 0.6 is 0 Å². The number of unbranched alkanes of at least 4 members (excludes halogenated alkanes) is 2. The molecule has 3 heteroatoms. The summed E-state index contributed by atoms with van der Waals surface area (Å²) in [6.07, 6.45) is 20.3. The van der Waals surface area contributed by atoms with Crippen LogP contribution in [0.15, 0.2) is 35.4 Å². The molecule has 1 heterocycles. The first-order valence-electron chi connectivity index (χ1n) is 18.7. The van der Waals surface area contributed by atoms with Crippen molar-refractivity contribution in [3.05, 3.63) is 85.5 Å². The Morgan fingerprint density at radius 1 is 0.422 bits per heavy atom. The third-order valence-corrected chi connectivity index (χ3v) is 9.41. The molecule has 0 atom stereocenters. The topological polar surface area (TPSA) is 25.3 Å². The summed E-state index contributed by atoms with van der Waals surface area (Å²) in [6, 6.07) is 9.81. The van der Waals surface area contributed by atoms with Crippen molar-refractivity contribution in [2.45, 2.75) is 171 Å². The van der Waals surface area contributed by atoms with Crippen molar-refractivity contribution < 1.29 is 21.2 Å². The molecule has 0 bridgehead atoms. The normalized spacial score (nSPS) is 13.3. The molecule has 0 unspecified atom stereocenters. The molecule has 252 valence electrons. The summed E-state index contributed by atoms with van der Waals surface area (Å²) in [5.41, 5.74) is 28.9.